The van der Waals surface area contributed by atoms with E-state index in [0.29, 0.717) is 19.6 Å². The molecule has 1 aliphatic rings. The number of carboxylic acids is 1. The van der Waals surface area contributed by atoms with Crippen molar-refractivity contribution < 1.29 is 19.4 Å². The highest BCUT2D eigenvalue weighted by Gasteiger charge is 2.22. The molecule has 0 bridgehead atoms. The number of carboxylic acid groups (broad SMARTS) is 1. The van der Waals surface area contributed by atoms with Gasteiger partial charge in [0.25, 0.3) is 0 Å². The Labute approximate surface area is 101 Å². The third kappa shape index (κ3) is 5.14. The van der Waals surface area contributed by atoms with Crippen LogP contribution in [-0.2, 0) is 14.3 Å². The van der Waals surface area contributed by atoms with Crippen molar-refractivity contribution in [3.63, 3.8) is 0 Å². The molecule has 0 aliphatic carbocycles. The van der Waals surface area contributed by atoms with Crippen molar-refractivity contribution >= 4 is 11.9 Å². The van der Waals surface area contributed by atoms with Crippen molar-refractivity contribution in [1.29, 1.82) is 0 Å². The van der Waals surface area contributed by atoms with E-state index >= 15 is 0 Å². The van der Waals surface area contributed by atoms with Crippen LogP contribution in [0.15, 0.2) is 0 Å². The summed E-state index contributed by atoms with van der Waals surface area (Å²) >= 11 is 0. The molecule has 1 aliphatic heterocycles. The maximum atomic E-state index is 11.6. The molecule has 1 unspecified atom stereocenters. The van der Waals surface area contributed by atoms with E-state index in [1.54, 1.807) is 0 Å². The van der Waals surface area contributed by atoms with E-state index in [9.17, 15) is 9.59 Å². The van der Waals surface area contributed by atoms with Gasteiger partial charge in [0.2, 0.25) is 5.91 Å². The summed E-state index contributed by atoms with van der Waals surface area (Å²) in [5.41, 5.74) is 0. The zero-order valence-electron chi connectivity index (χ0n) is 10.1. The number of nitrogens with one attached hydrogen (secondary N) is 2. The van der Waals surface area contributed by atoms with Crippen LogP contribution in [0.2, 0.25) is 0 Å². The highest BCUT2D eigenvalue weighted by molar-refractivity contribution is 5.83. The molecule has 1 amide bonds. The monoisotopic (exact) mass is 244 g/mol. The molecule has 0 saturated carbocycles. The zero-order valence-corrected chi connectivity index (χ0v) is 10.1. The Morgan fingerprint density at radius 1 is 1.59 bits per heavy atom. The zero-order chi connectivity index (χ0) is 12.7. The van der Waals surface area contributed by atoms with Crippen molar-refractivity contribution in [2.24, 2.45) is 0 Å². The second-order valence-electron chi connectivity index (χ2n) is 4.18. The molecule has 1 heterocycles. The number of rotatable bonds is 6. The van der Waals surface area contributed by atoms with E-state index in [2.05, 4.69) is 10.6 Å². The van der Waals surface area contributed by atoms with E-state index < -0.39 is 12.0 Å². The molecule has 6 nitrogen and oxygen atoms in total. The number of carbonyl (C=O) groups excluding carboxylic acids is 1. The third-order valence-corrected chi connectivity index (χ3v) is 2.64. The maximum Gasteiger partial charge on any atom is 0.326 e. The van der Waals surface area contributed by atoms with E-state index in [1.165, 1.54) is 0 Å². The lowest BCUT2D eigenvalue weighted by atomic mass is 10.1. The summed E-state index contributed by atoms with van der Waals surface area (Å²) < 4.78 is 5.22. The third-order valence-electron chi connectivity index (χ3n) is 2.64. The van der Waals surface area contributed by atoms with Gasteiger partial charge >= 0.3 is 5.97 Å². The summed E-state index contributed by atoms with van der Waals surface area (Å²) in [5, 5.41) is 14.6. The van der Waals surface area contributed by atoms with Gasteiger partial charge in [-0.15, -0.1) is 0 Å². The van der Waals surface area contributed by atoms with Gasteiger partial charge in [-0.2, -0.15) is 0 Å². The first-order chi connectivity index (χ1) is 8.13. The van der Waals surface area contributed by atoms with Gasteiger partial charge in [-0.1, -0.05) is 13.3 Å². The van der Waals surface area contributed by atoms with Gasteiger partial charge < -0.3 is 20.5 Å². The van der Waals surface area contributed by atoms with Crippen molar-refractivity contribution in [3.8, 4) is 0 Å². The molecule has 1 saturated heterocycles. The molecular formula is C11H20N2O4. The Morgan fingerprint density at radius 3 is 2.88 bits per heavy atom. The first-order valence-corrected chi connectivity index (χ1v) is 5.96. The Bertz CT molecular complexity index is 264. The summed E-state index contributed by atoms with van der Waals surface area (Å²) in [6.45, 7) is 3.78. The number of morpholine rings is 1. The lowest BCUT2D eigenvalue weighted by Crippen LogP contribution is -2.47. The second kappa shape index (κ2) is 7.24. The van der Waals surface area contributed by atoms with Gasteiger partial charge in [0.15, 0.2) is 0 Å². The van der Waals surface area contributed by atoms with Crippen LogP contribution in [0, 0.1) is 0 Å². The molecule has 2 atom stereocenters. The summed E-state index contributed by atoms with van der Waals surface area (Å²) in [5.74, 6) is -1.22. The lowest BCUT2D eigenvalue weighted by Gasteiger charge is -2.24. The van der Waals surface area contributed by atoms with Crippen LogP contribution in [0.5, 0.6) is 0 Å². The number of hydrogen-bond acceptors (Lipinski definition) is 4. The van der Waals surface area contributed by atoms with Gasteiger partial charge in [-0.25, -0.2) is 4.79 Å². The first kappa shape index (κ1) is 13.9. The minimum absolute atomic E-state index is 0.0141. The summed E-state index contributed by atoms with van der Waals surface area (Å²) in [4.78, 5) is 22.5. The molecular weight excluding hydrogens is 224 g/mol. The molecule has 1 fully saturated rings. The highest BCUT2D eigenvalue weighted by Crippen LogP contribution is 2.01. The number of carbonyl (C=O) groups is 2. The van der Waals surface area contributed by atoms with Crippen molar-refractivity contribution in [3.05, 3.63) is 0 Å². The number of hydrogen-bond donors (Lipinski definition) is 3. The average molecular weight is 244 g/mol. The molecule has 0 radical (unpaired) electrons. The molecule has 17 heavy (non-hydrogen) atoms. The topological polar surface area (TPSA) is 87.7 Å². The van der Waals surface area contributed by atoms with E-state index in [1.807, 2.05) is 6.92 Å². The van der Waals surface area contributed by atoms with E-state index in [-0.39, 0.29) is 18.4 Å². The largest absolute Gasteiger partial charge is 0.480 e. The summed E-state index contributed by atoms with van der Waals surface area (Å²) in [6, 6.07) is -0.795. The fourth-order valence-corrected chi connectivity index (χ4v) is 1.77. The normalized spacial score (nSPS) is 21.8. The van der Waals surface area contributed by atoms with Crippen LogP contribution in [0.3, 0.4) is 0 Å². The summed E-state index contributed by atoms with van der Waals surface area (Å²) in [6.07, 6.45) is 1.44. The van der Waals surface area contributed by atoms with Gasteiger partial charge in [-0.3, -0.25) is 4.79 Å². The lowest BCUT2D eigenvalue weighted by molar-refractivity contribution is -0.142. The predicted octanol–water partition coefficient (Wildman–Crippen LogP) is -0.266. The van der Waals surface area contributed by atoms with Gasteiger partial charge in [0, 0.05) is 19.0 Å². The van der Waals surface area contributed by atoms with Crippen molar-refractivity contribution in [2.75, 3.05) is 19.8 Å². The molecule has 0 aromatic heterocycles. The SMILES string of the molecule is CCC[C@@H](NC(=O)CC1COCCN1)C(=O)O. The average Bonchev–Trinajstić information content (AvgIpc) is 2.29. The van der Waals surface area contributed by atoms with Gasteiger partial charge in [-0.05, 0) is 6.42 Å². The molecule has 0 spiro atoms. The molecule has 0 aromatic rings. The van der Waals surface area contributed by atoms with Crippen LogP contribution in [0.25, 0.3) is 0 Å². The molecule has 3 N–H and O–H groups in total. The minimum Gasteiger partial charge on any atom is -0.480 e. The number of ether oxygens (including phenoxy) is 1. The maximum absolute atomic E-state index is 11.6. The molecule has 98 valence electrons. The van der Waals surface area contributed by atoms with Crippen LogP contribution < -0.4 is 10.6 Å². The Kier molecular flexibility index (Phi) is 5.93. The second-order valence-corrected chi connectivity index (χ2v) is 4.18. The molecule has 6 heteroatoms. The predicted molar refractivity (Wildman–Crippen MR) is 61.7 cm³/mol. The Morgan fingerprint density at radius 2 is 2.35 bits per heavy atom. The van der Waals surface area contributed by atoms with Crippen LogP contribution in [-0.4, -0.2) is 48.8 Å². The van der Waals surface area contributed by atoms with Gasteiger partial charge in [0.05, 0.1) is 13.2 Å². The Hall–Kier alpha value is -1.14. The van der Waals surface area contributed by atoms with Crippen molar-refractivity contribution in [2.45, 2.75) is 38.3 Å². The van der Waals surface area contributed by atoms with Crippen LogP contribution in [0.4, 0.5) is 0 Å². The minimum atomic E-state index is -0.979. The first-order valence-electron chi connectivity index (χ1n) is 5.96. The fraction of sp³-hybridized carbons (Fsp3) is 0.818. The van der Waals surface area contributed by atoms with Crippen molar-refractivity contribution in [1.82, 2.24) is 10.6 Å². The quantitative estimate of drug-likeness (QED) is 0.599. The van der Waals surface area contributed by atoms with E-state index in [0.717, 1.165) is 13.0 Å². The molecule has 1 rings (SSSR count). The standard InChI is InChI=1S/C11H20N2O4/c1-2-3-9(11(15)16)13-10(14)6-8-7-17-5-4-12-8/h8-9,12H,2-7H2,1H3,(H,13,14)(H,15,16)/t8?,9-/m1/s1. The smallest absolute Gasteiger partial charge is 0.326 e. The highest BCUT2D eigenvalue weighted by atomic mass is 16.5. The molecule has 0 aromatic carbocycles. The number of amides is 1. The van der Waals surface area contributed by atoms with Crippen LogP contribution >= 0.6 is 0 Å². The number of aliphatic carboxylic acids is 1. The van der Waals surface area contributed by atoms with Gasteiger partial charge in [0.1, 0.15) is 6.04 Å². The van der Waals surface area contributed by atoms with E-state index in [4.69, 9.17) is 9.84 Å². The fourth-order valence-electron chi connectivity index (χ4n) is 1.77. The summed E-state index contributed by atoms with van der Waals surface area (Å²) in [7, 11) is 0. The van der Waals surface area contributed by atoms with Crippen LogP contribution in [0.1, 0.15) is 26.2 Å². The Balaban J connectivity index is 2.33.